The lowest BCUT2D eigenvalue weighted by Gasteiger charge is -2.33. The van der Waals surface area contributed by atoms with Gasteiger partial charge in [0, 0.05) is 84.2 Å². The summed E-state index contributed by atoms with van der Waals surface area (Å²) in [5, 5.41) is 71.4. The normalized spacial score (nSPS) is 18.8. The van der Waals surface area contributed by atoms with E-state index in [1.165, 1.54) is 0 Å². The van der Waals surface area contributed by atoms with Crippen LogP contribution in [0.5, 0.6) is 0 Å². The Kier molecular flexibility index (Phi) is 24.9. The maximum atomic E-state index is 13.8. The molecule has 11 N–H and O–H groups in total. The molecule has 1 aliphatic heterocycles. The second-order valence-corrected chi connectivity index (χ2v) is 18.9. The van der Waals surface area contributed by atoms with Gasteiger partial charge in [0.05, 0.1) is 26.2 Å². The molecule has 2 fully saturated rings. The number of carbonyl (C=O) groups is 10. The van der Waals surface area contributed by atoms with Crippen molar-refractivity contribution in [2.24, 2.45) is 11.8 Å². The molecule has 0 spiro atoms. The molecule has 1 saturated carbocycles. The van der Waals surface area contributed by atoms with Crippen LogP contribution in [-0.2, 0) is 49.6 Å². The third-order valence-corrected chi connectivity index (χ3v) is 13.1. The highest BCUT2D eigenvalue weighted by Crippen LogP contribution is 2.29. The summed E-state index contributed by atoms with van der Waals surface area (Å²) in [6.07, 6.45) is 1.91. The largest absolute Gasteiger partial charge is 0.481 e. The molecule has 408 valence electrons. The van der Waals surface area contributed by atoms with Crippen molar-refractivity contribution in [2.45, 2.75) is 82.3 Å². The Balaban J connectivity index is 1.30. The van der Waals surface area contributed by atoms with Gasteiger partial charge in [-0.3, -0.25) is 53.2 Å². The fourth-order valence-electron chi connectivity index (χ4n) is 8.98. The maximum Gasteiger partial charge on any atom is 0.326 e. The Morgan fingerprint density at radius 2 is 1.03 bits per heavy atom. The van der Waals surface area contributed by atoms with E-state index in [4.69, 9.17) is 5.11 Å². The third-order valence-electron chi connectivity index (χ3n) is 13.1. The number of fused-ring (bicyclic) bond motifs is 1. The van der Waals surface area contributed by atoms with Gasteiger partial charge in [0.1, 0.15) is 18.1 Å². The fraction of sp³-hybridized carbons (Fsp3) is 0.592. The SMILES string of the molecule is O=C(O)CCC(NC(=O)NC(CCCCNC(=O)C(Cc1ccc2ccccc2c1)NC(=O)C1CCC(CNC(=O)CN2CCN(CC(=O)O)CCN(CC(=O)O)CCN(CC(=O)O)CC2)CC1)C(=O)O)C(=O)O. The van der Waals surface area contributed by atoms with Crippen LogP contribution in [0.25, 0.3) is 10.8 Å². The van der Waals surface area contributed by atoms with Crippen molar-refractivity contribution in [3.8, 4) is 0 Å². The van der Waals surface area contributed by atoms with Crippen molar-refractivity contribution >= 4 is 70.3 Å². The number of benzene rings is 2. The summed E-state index contributed by atoms with van der Waals surface area (Å²) in [5.74, 6) is -8.66. The smallest absolute Gasteiger partial charge is 0.326 e. The number of aliphatic carboxylic acids is 6. The quantitative estimate of drug-likeness (QED) is 0.0508. The Bertz CT molecular complexity index is 2230. The first kappa shape index (κ1) is 59.6. The lowest BCUT2D eigenvalue weighted by atomic mass is 9.81. The van der Waals surface area contributed by atoms with Crippen molar-refractivity contribution in [3.05, 3.63) is 48.0 Å². The molecule has 25 heteroatoms. The highest BCUT2D eigenvalue weighted by Gasteiger charge is 2.31. The molecule has 1 aliphatic carbocycles. The number of carbonyl (C=O) groups excluding carboxylic acids is 4. The molecule has 25 nitrogen and oxygen atoms in total. The molecular weight excluding hydrogens is 971 g/mol. The van der Waals surface area contributed by atoms with Gasteiger partial charge in [-0.25, -0.2) is 14.4 Å². The van der Waals surface area contributed by atoms with E-state index in [9.17, 15) is 73.5 Å². The monoisotopic (exact) mass is 1040 g/mol. The van der Waals surface area contributed by atoms with E-state index in [2.05, 4.69) is 26.6 Å². The van der Waals surface area contributed by atoms with Gasteiger partial charge in [-0.15, -0.1) is 0 Å². The Morgan fingerprint density at radius 3 is 1.53 bits per heavy atom. The van der Waals surface area contributed by atoms with E-state index < -0.39 is 84.6 Å². The maximum absolute atomic E-state index is 13.8. The van der Waals surface area contributed by atoms with Gasteiger partial charge in [0.2, 0.25) is 17.7 Å². The number of unbranched alkanes of at least 4 members (excludes halogenated alkanes) is 1. The van der Waals surface area contributed by atoms with Crippen LogP contribution in [-0.4, -0.2) is 220 Å². The summed E-state index contributed by atoms with van der Waals surface area (Å²) in [4.78, 5) is 129. The second-order valence-electron chi connectivity index (χ2n) is 18.9. The molecule has 74 heavy (non-hydrogen) atoms. The Morgan fingerprint density at radius 1 is 0.527 bits per heavy atom. The van der Waals surface area contributed by atoms with Crippen LogP contribution in [0.15, 0.2) is 42.5 Å². The molecular formula is C49H71N9O16. The number of urea groups is 1. The first-order chi connectivity index (χ1) is 35.2. The van der Waals surface area contributed by atoms with Crippen molar-refractivity contribution in [2.75, 3.05) is 91.6 Å². The average molecular weight is 1040 g/mol. The minimum Gasteiger partial charge on any atom is -0.481 e. The number of nitrogens with one attached hydrogen (secondary N) is 5. The molecule has 0 aromatic heterocycles. The predicted molar refractivity (Wildman–Crippen MR) is 265 cm³/mol. The molecule has 2 aliphatic rings. The van der Waals surface area contributed by atoms with Crippen molar-refractivity contribution in [1.29, 1.82) is 0 Å². The van der Waals surface area contributed by atoms with Gasteiger partial charge in [0.25, 0.3) is 0 Å². The van der Waals surface area contributed by atoms with Crippen LogP contribution in [0.2, 0.25) is 0 Å². The van der Waals surface area contributed by atoms with Crippen LogP contribution in [0.4, 0.5) is 4.79 Å². The molecule has 0 radical (unpaired) electrons. The average Bonchev–Trinajstić information content (AvgIpc) is 3.34. The number of amides is 5. The number of hydrogen-bond donors (Lipinski definition) is 11. The molecule has 1 heterocycles. The first-order valence-corrected chi connectivity index (χ1v) is 24.9. The van der Waals surface area contributed by atoms with Crippen LogP contribution >= 0.6 is 0 Å². The lowest BCUT2D eigenvalue weighted by molar-refractivity contribution is -0.141. The van der Waals surface area contributed by atoms with E-state index in [0.717, 1.165) is 16.3 Å². The van der Waals surface area contributed by atoms with Crippen LogP contribution in [0, 0.1) is 11.8 Å². The standard InChI is InChI=1S/C49H71N9O16/c59-40(28-55-17-19-56(29-42(62)63)21-23-58(31-44(66)67)24-22-57(20-18-55)30-43(64)65)51-27-32-8-12-35(13-9-32)45(68)52-39(26-33-10-11-34-5-1-2-6-36(34)25-33)46(69)50-16-4-3-7-37(47(70)71)53-49(74)54-38(48(72)73)14-15-41(60)61/h1-2,5-6,10-11,25,32,35,37-39H,3-4,7-9,12-24,26-31H2,(H,50,69)(H,51,59)(H,52,68)(H,60,61)(H,62,63)(H,64,65)(H,66,67)(H,70,71)(H,72,73)(H2,53,54,74). The van der Waals surface area contributed by atoms with Crippen molar-refractivity contribution in [3.63, 3.8) is 0 Å². The van der Waals surface area contributed by atoms with E-state index in [1.54, 1.807) is 14.7 Å². The van der Waals surface area contributed by atoms with E-state index in [-0.39, 0.29) is 115 Å². The summed E-state index contributed by atoms with van der Waals surface area (Å²) < 4.78 is 0. The summed E-state index contributed by atoms with van der Waals surface area (Å²) in [6, 6.07) is 8.44. The highest BCUT2D eigenvalue weighted by molar-refractivity contribution is 5.90. The zero-order valence-electron chi connectivity index (χ0n) is 41.5. The summed E-state index contributed by atoms with van der Waals surface area (Å²) >= 11 is 0. The zero-order chi connectivity index (χ0) is 54.2. The Hall–Kier alpha value is -6.96. The summed E-state index contributed by atoms with van der Waals surface area (Å²) in [5.41, 5.74) is 0.803. The van der Waals surface area contributed by atoms with Gasteiger partial charge in [-0.05, 0) is 73.6 Å². The molecule has 5 amide bonds. The van der Waals surface area contributed by atoms with Crippen LogP contribution in [0.3, 0.4) is 0 Å². The van der Waals surface area contributed by atoms with Crippen molar-refractivity contribution < 1.29 is 78.6 Å². The lowest BCUT2D eigenvalue weighted by Crippen LogP contribution is -2.51. The summed E-state index contributed by atoms with van der Waals surface area (Å²) in [7, 11) is 0. The van der Waals surface area contributed by atoms with Crippen LogP contribution in [0.1, 0.15) is 63.4 Å². The first-order valence-electron chi connectivity index (χ1n) is 24.9. The van der Waals surface area contributed by atoms with E-state index in [0.29, 0.717) is 45.3 Å². The molecule has 1 saturated heterocycles. The third kappa shape index (κ3) is 22.4. The number of carboxylic acid groups (broad SMARTS) is 6. The van der Waals surface area contributed by atoms with Gasteiger partial charge < -0.3 is 57.2 Å². The summed E-state index contributed by atoms with van der Waals surface area (Å²) in [6.45, 7) is 1.73. The van der Waals surface area contributed by atoms with Crippen LogP contribution < -0.4 is 26.6 Å². The molecule has 3 atom stereocenters. The number of nitrogens with zero attached hydrogens (tertiary/aromatic N) is 4. The minimum absolute atomic E-state index is 0.0283. The topological polar surface area (TPSA) is 365 Å². The zero-order valence-corrected chi connectivity index (χ0v) is 41.5. The minimum atomic E-state index is -1.55. The van der Waals surface area contributed by atoms with E-state index in [1.807, 2.05) is 47.4 Å². The molecule has 2 aromatic carbocycles. The highest BCUT2D eigenvalue weighted by atomic mass is 16.4. The predicted octanol–water partition coefficient (Wildman–Crippen LogP) is -0.378. The van der Waals surface area contributed by atoms with Gasteiger partial charge in [-0.1, -0.05) is 42.5 Å². The number of rotatable bonds is 27. The van der Waals surface area contributed by atoms with Gasteiger partial charge in [-0.2, -0.15) is 0 Å². The second kappa shape index (κ2) is 30.9. The van der Waals surface area contributed by atoms with E-state index >= 15 is 0 Å². The van der Waals surface area contributed by atoms with Gasteiger partial charge >= 0.3 is 41.8 Å². The van der Waals surface area contributed by atoms with Crippen molar-refractivity contribution in [1.82, 2.24) is 46.2 Å². The fourth-order valence-corrected chi connectivity index (χ4v) is 8.98. The molecule has 2 aromatic rings. The Labute approximate surface area is 428 Å². The molecule has 0 bridgehead atoms. The molecule has 3 unspecified atom stereocenters. The number of hydrogen-bond acceptors (Lipinski definition) is 14. The molecule has 4 rings (SSSR count). The van der Waals surface area contributed by atoms with Gasteiger partial charge in [0.15, 0.2) is 0 Å². The number of carboxylic acids is 6.